The first-order valence-electron chi connectivity index (χ1n) is 11.1. The lowest BCUT2D eigenvalue weighted by Gasteiger charge is -2.28. The van der Waals surface area contributed by atoms with Crippen LogP contribution < -0.4 is 11.1 Å². The van der Waals surface area contributed by atoms with Crippen molar-refractivity contribution in [1.29, 1.82) is 0 Å². The molecule has 1 aromatic carbocycles. The van der Waals surface area contributed by atoms with Crippen LogP contribution in [0, 0.1) is 11.8 Å². The van der Waals surface area contributed by atoms with Crippen molar-refractivity contribution in [3.63, 3.8) is 0 Å². The van der Waals surface area contributed by atoms with E-state index in [1.54, 1.807) is 6.20 Å². The lowest BCUT2D eigenvalue weighted by molar-refractivity contribution is 0.0925. The number of hydrogen-bond donors (Lipinski definition) is 2. The van der Waals surface area contributed by atoms with Crippen LogP contribution in [0.5, 0.6) is 0 Å². The number of carbonyl (C=O) groups is 2. The van der Waals surface area contributed by atoms with Gasteiger partial charge in [0.25, 0.3) is 11.8 Å². The highest BCUT2D eigenvalue weighted by Crippen LogP contribution is 2.40. The lowest BCUT2D eigenvalue weighted by atomic mass is 9.86. The van der Waals surface area contributed by atoms with Gasteiger partial charge in [-0.3, -0.25) is 14.6 Å². The number of amides is 2. The number of benzene rings is 1. The molecule has 2 saturated carbocycles. The van der Waals surface area contributed by atoms with Crippen LogP contribution >= 0.6 is 0 Å². The fourth-order valence-corrected chi connectivity index (χ4v) is 4.45. The van der Waals surface area contributed by atoms with E-state index in [1.807, 2.05) is 12.1 Å². The summed E-state index contributed by atoms with van der Waals surface area (Å²) < 4.78 is 0. The number of nitrogens with zero attached hydrogens (tertiary/aromatic N) is 2. The zero-order valence-corrected chi connectivity index (χ0v) is 18.0. The zero-order chi connectivity index (χ0) is 22.0. The number of primary amides is 1. The molecule has 0 aliphatic heterocycles. The maximum Gasteiger partial charge on any atom is 0.268 e. The van der Waals surface area contributed by atoms with Crippen molar-refractivity contribution in [1.82, 2.24) is 15.3 Å². The predicted molar refractivity (Wildman–Crippen MR) is 120 cm³/mol. The van der Waals surface area contributed by atoms with E-state index < -0.39 is 5.91 Å². The maximum atomic E-state index is 13.0. The molecular weight excluding hydrogens is 388 g/mol. The Morgan fingerprint density at radius 3 is 2.23 bits per heavy atom. The van der Waals surface area contributed by atoms with Gasteiger partial charge in [0, 0.05) is 17.5 Å². The molecule has 3 N–H and O–H groups in total. The van der Waals surface area contributed by atoms with Gasteiger partial charge in [-0.15, -0.1) is 0 Å². The summed E-state index contributed by atoms with van der Waals surface area (Å²) in [5.41, 5.74) is 8.89. The van der Waals surface area contributed by atoms with Gasteiger partial charge in [-0.1, -0.05) is 32.1 Å². The van der Waals surface area contributed by atoms with E-state index in [4.69, 9.17) is 5.73 Å². The van der Waals surface area contributed by atoms with Gasteiger partial charge in [0.2, 0.25) is 0 Å². The zero-order valence-electron chi connectivity index (χ0n) is 18.0. The van der Waals surface area contributed by atoms with E-state index in [-0.39, 0.29) is 23.6 Å². The molecule has 2 aliphatic rings. The van der Waals surface area contributed by atoms with E-state index in [9.17, 15) is 9.59 Å². The lowest BCUT2D eigenvalue weighted by Crippen LogP contribution is -2.40. The van der Waals surface area contributed by atoms with Gasteiger partial charge in [-0.25, -0.2) is 4.98 Å². The highest BCUT2D eigenvalue weighted by atomic mass is 16.2. The summed E-state index contributed by atoms with van der Waals surface area (Å²) in [4.78, 5) is 32.8. The van der Waals surface area contributed by atoms with Gasteiger partial charge in [-0.05, 0) is 67.2 Å². The largest absolute Gasteiger partial charge is 0.364 e. The van der Waals surface area contributed by atoms with Crippen molar-refractivity contribution in [3.8, 4) is 0 Å². The van der Waals surface area contributed by atoms with Gasteiger partial charge < -0.3 is 11.1 Å². The first-order chi connectivity index (χ1) is 14.9. The number of nitrogens with two attached hydrogens (primary N) is 1. The monoisotopic (exact) mass is 418 g/mol. The van der Waals surface area contributed by atoms with Crippen molar-refractivity contribution >= 4 is 17.4 Å². The number of aromatic nitrogens is 2. The number of carbonyl (C=O) groups excluding carboxylic acids is 2. The van der Waals surface area contributed by atoms with Crippen molar-refractivity contribution < 1.29 is 9.59 Å². The Morgan fingerprint density at radius 2 is 1.61 bits per heavy atom. The van der Waals surface area contributed by atoms with E-state index in [0.717, 1.165) is 31.3 Å². The molecule has 0 spiro atoms. The standard InChI is InChI=1S/C25H30N4O2/c1-15-3-11-20(16(2)22-13-28-23(14-27-22)24(26)30)21(12-4-15)29-25(31)19-9-7-18(8-10-19)17-5-6-17/h7-10,13-15,17,20-21H,2-6,11-12H2,1H3,(H2,26,30)(H,29,31). The predicted octanol–water partition coefficient (Wildman–Crippen LogP) is 4.09. The fourth-order valence-electron chi connectivity index (χ4n) is 4.45. The van der Waals surface area contributed by atoms with Gasteiger partial charge >= 0.3 is 0 Å². The van der Waals surface area contributed by atoms with Crippen LogP contribution in [0.4, 0.5) is 0 Å². The average Bonchev–Trinajstić information content (AvgIpc) is 3.63. The van der Waals surface area contributed by atoms with Crippen LogP contribution in [-0.4, -0.2) is 27.8 Å². The Bertz CT molecular complexity index is 964. The molecule has 3 atom stereocenters. The molecule has 2 fully saturated rings. The Balaban J connectivity index is 1.50. The molecule has 2 amide bonds. The van der Waals surface area contributed by atoms with Crippen LogP contribution in [-0.2, 0) is 0 Å². The second kappa shape index (κ2) is 9.00. The van der Waals surface area contributed by atoms with Crippen LogP contribution in [0.3, 0.4) is 0 Å². The van der Waals surface area contributed by atoms with E-state index in [1.165, 1.54) is 24.6 Å². The third kappa shape index (κ3) is 5.01. The smallest absolute Gasteiger partial charge is 0.268 e. The second-order valence-electron chi connectivity index (χ2n) is 9.02. The molecule has 31 heavy (non-hydrogen) atoms. The van der Waals surface area contributed by atoms with Crippen LogP contribution in [0.15, 0.2) is 43.2 Å². The van der Waals surface area contributed by atoms with Crippen LogP contribution in [0.25, 0.3) is 5.57 Å². The van der Waals surface area contributed by atoms with E-state index >= 15 is 0 Å². The molecule has 6 nitrogen and oxygen atoms in total. The first kappa shape index (κ1) is 21.2. The summed E-state index contributed by atoms with van der Waals surface area (Å²) in [6.45, 7) is 6.54. The summed E-state index contributed by atoms with van der Waals surface area (Å²) in [7, 11) is 0. The molecule has 162 valence electrons. The SMILES string of the molecule is C=C(c1cnc(C(N)=O)cn1)C1CCC(C)CCC1NC(=O)c1ccc(C2CC2)cc1. The Labute approximate surface area is 183 Å². The summed E-state index contributed by atoms with van der Waals surface area (Å²) in [5.74, 6) is 0.683. The molecular formula is C25H30N4O2. The molecule has 4 rings (SSSR count). The minimum atomic E-state index is -0.606. The normalized spacial score (nSPS) is 23.6. The summed E-state index contributed by atoms with van der Waals surface area (Å²) in [5, 5.41) is 3.27. The molecule has 0 radical (unpaired) electrons. The second-order valence-corrected chi connectivity index (χ2v) is 9.02. The van der Waals surface area contributed by atoms with E-state index in [0.29, 0.717) is 23.1 Å². The van der Waals surface area contributed by atoms with Crippen molar-refractivity contribution in [3.05, 3.63) is 65.8 Å². The third-order valence-electron chi connectivity index (χ3n) is 6.65. The summed E-state index contributed by atoms with van der Waals surface area (Å²) in [6.07, 6.45) is 9.37. The minimum Gasteiger partial charge on any atom is -0.364 e. The summed E-state index contributed by atoms with van der Waals surface area (Å²) >= 11 is 0. The quantitative estimate of drug-likeness (QED) is 0.690. The van der Waals surface area contributed by atoms with Gasteiger partial charge in [0.1, 0.15) is 5.69 Å². The Hall–Kier alpha value is -3.02. The average molecular weight is 419 g/mol. The van der Waals surface area contributed by atoms with Crippen molar-refractivity contribution in [2.45, 2.75) is 57.4 Å². The molecule has 0 saturated heterocycles. The Morgan fingerprint density at radius 1 is 0.968 bits per heavy atom. The molecule has 1 heterocycles. The molecule has 0 bridgehead atoms. The summed E-state index contributed by atoms with van der Waals surface area (Å²) in [6, 6.07) is 7.99. The topological polar surface area (TPSA) is 98.0 Å². The molecule has 1 aromatic heterocycles. The van der Waals surface area contributed by atoms with Crippen molar-refractivity contribution in [2.75, 3.05) is 0 Å². The third-order valence-corrected chi connectivity index (χ3v) is 6.65. The van der Waals surface area contributed by atoms with Crippen LogP contribution in [0.2, 0.25) is 0 Å². The minimum absolute atomic E-state index is 0.0225. The molecule has 2 aliphatic carbocycles. The highest BCUT2D eigenvalue weighted by molar-refractivity contribution is 5.94. The van der Waals surface area contributed by atoms with Crippen molar-refractivity contribution in [2.24, 2.45) is 17.6 Å². The number of hydrogen-bond acceptors (Lipinski definition) is 4. The molecule has 6 heteroatoms. The molecule has 3 unspecified atom stereocenters. The van der Waals surface area contributed by atoms with Gasteiger partial charge in [0.15, 0.2) is 0 Å². The van der Waals surface area contributed by atoms with Gasteiger partial charge in [-0.2, -0.15) is 0 Å². The molecule has 2 aromatic rings. The number of nitrogens with one attached hydrogen (secondary N) is 1. The highest BCUT2D eigenvalue weighted by Gasteiger charge is 2.31. The maximum absolute atomic E-state index is 13.0. The first-order valence-corrected chi connectivity index (χ1v) is 11.1. The van der Waals surface area contributed by atoms with Crippen LogP contribution in [0.1, 0.15) is 83.5 Å². The number of rotatable bonds is 6. The fraction of sp³-hybridized carbons (Fsp3) is 0.440. The Kier molecular flexibility index (Phi) is 6.16. The van der Waals surface area contributed by atoms with Gasteiger partial charge in [0.05, 0.1) is 18.1 Å². The van der Waals surface area contributed by atoms with E-state index in [2.05, 4.69) is 40.9 Å².